The minimum absolute atomic E-state index is 0. The Morgan fingerprint density at radius 2 is 1.21 bits per heavy atom. The van der Waals surface area contributed by atoms with E-state index >= 15 is 0 Å². The summed E-state index contributed by atoms with van der Waals surface area (Å²) in [6.45, 7) is 2.10. The van der Waals surface area contributed by atoms with Gasteiger partial charge in [0.1, 0.15) is 0 Å². The van der Waals surface area contributed by atoms with Crippen molar-refractivity contribution in [3.63, 3.8) is 0 Å². The maximum absolute atomic E-state index is 10.8. The molecule has 0 spiro atoms. The third kappa shape index (κ3) is 8.38. The summed E-state index contributed by atoms with van der Waals surface area (Å²) in [5, 5.41) is 0. The van der Waals surface area contributed by atoms with Gasteiger partial charge in [0.05, 0.1) is 0 Å². The first-order valence-corrected chi connectivity index (χ1v) is 9.20. The van der Waals surface area contributed by atoms with Gasteiger partial charge in [-0.3, -0.25) is 0 Å². The van der Waals surface area contributed by atoms with E-state index in [2.05, 4.69) is 11.9 Å². The Hall–Kier alpha value is -2.18. The molecule has 0 saturated carbocycles. The summed E-state index contributed by atoms with van der Waals surface area (Å²) >= 11 is 0. The van der Waals surface area contributed by atoms with Crippen molar-refractivity contribution in [2.45, 2.75) is 25.3 Å². The zero-order valence-corrected chi connectivity index (χ0v) is 18.6. The van der Waals surface area contributed by atoms with Gasteiger partial charge in [0.2, 0.25) is 6.08 Å². The molecule has 0 aliphatic carbocycles. The third-order valence-corrected chi connectivity index (χ3v) is 4.24. The topological polar surface area (TPSA) is 29.4 Å². The Morgan fingerprint density at radius 3 is 1.48 bits per heavy atom. The molecular weight excluding hydrogens is 442 g/mol. The number of rotatable bonds is 5. The van der Waals surface area contributed by atoms with Crippen LogP contribution in [-0.4, -0.2) is 6.08 Å². The van der Waals surface area contributed by atoms with E-state index in [1.807, 2.05) is 109 Å². The van der Waals surface area contributed by atoms with Crippen LogP contribution in [0.25, 0.3) is 0 Å². The molecule has 4 aromatic carbocycles. The molecule has 0 fully saturated rings. The van der Waals surface area contributed by atoms with Crippen molar-refractivity contribution < 1.29 is 38.9 Å². The molecule has 0 bridgehead atoms. The average Bonchev–Trinajstić information content (AvgIpc) is 3.50. The van der Waals surface area contributed by atoms with Gasteiger partial charge in [-0.05, 0) is 6.42 Å². The average molecular weight is 467 g/mol. The van der Waals surface area contributed by atoms with E-state index in [0.717, 1.165) is 24.0 Å². The van der Waals surface area contributed by atoms with Crippen molar-refractivity contribution in [1.82, 2.24) is 0 Å². The summed E-state index contributed by atoms with van der Waals surface area (Å²) in [6, 6.07) is 36.0. The predicted octanol–water partition coefficient (Wildman–Crippen LogP) is 6.31. The van der Waals surface area contributed by atoms with Crippen LogP contribution in [0, 0.1) is 0 Å². The van der Waals surface area contributed by atoms with Gasteiger partial charge in [-0.1, -0.05) is 13.3 Å². The van der Waals surface area contributed by atoms with Crippen molar-refractivity contribution in [3.05, 3.63) is 120 Å². The summed E-state index contributed by atoms with van der Waals surface area (Å²) in [4.78, 5) is 14.9. The van der Waals surface area contributed by atoms with E-state index < -0.39 is 5.54 Å². The van der Waals surface area contributed by atoms with Gasteiger partial charge in [0.25, 0.3) is 0 Å². The predicted molar refractivity (Wildman–Crippen MR) is 112 cm³/mol. The van der Waals surface area contributed by atoms with Crippen LogP contribution in [0.5, 0.6) is 0 Å². The van der Waals surface area contributed by atoms with Crippen molar-refractivity contribution in [2.75, 3.05) is 0 Å². The van der Waals surface area contributed by atoms with Crippen LogP contribution in [0.15, 0.2) is 114 Å². The Morgan fingerprint density at radius 1 is 0.793 bits per heavy atom. The fraction of sp³-hybridized carbons (Fsp3) is 0.160. The number of hydrogen-bond acceptors (Lipinski definition) is 2. The molecular formula is C25H25Fe2NO-8. The SMILES string of the molecule is CCCC(N=C=O)([c-]1cccc1)[c-]1cccc1.[Fe].[Fe].[cH-]1[cH-][cH-][cH-][cH-]1.c1cc[cH-]c1. The van der Waals surface area contributed by atoms with E-state index in [4.69, 9.17) is 0 Å². The normalized spacial score (nSPS) is 9.28. The van der Waals surface area contributed by atoms with Gasteiger partial charge in [-0.2, -0.15) is 42.5 Å². The van der Waals surface area contributed by atoms with Crippen LogP contribution in [0.1, 0.15) is 30.9 Å². The molecule has 0 amide bonds. The molecule has 0 unspecified atom stereocenters. The smallest absolute Gasteiger partial charge is 0.234 e. The monoisotopic (exact) mass is 467 g/mol. The van der Waals surface area contributed by atoms with Gasteiger partial charge in [0, 0.05) is 39.7 Å². The molecule has 29 heavy (non-hydrogen) atoms. The molecule has 0 aliphatic heterocycles. The molecule has 0 saturated heterocycles. The Balaban J connectivity index is 0.000000537. The van der Waals surface area contributed by atoms with Crippen LogP contribution in [0.4, 0.5) is 0 Å². The molecule has 0 aliphatic rings. The minimum atomic E-state index is -0.552. The molecule has 160 valence electrons. The van der Waals surface area contributed by atoms with Gasteiger partial charge in [0.15, 0.2) is 0 Å². The fourth-order valence-electron chi connectivity index (χ4n) is 3.02. The summed E-state index contributed by atoms with van der Waals surface area (Å²) in [6.07, 6.45) is 3.52. The second-order valence-electron chi connectivity index (χ2n) is 6.09. The van der Waals surface area contributed by atoms with Gasteiger partial charge in [-0.25, -0.2) is 46.2 Å². The van der Waals surface area contributed by atoms with Crippen LogP contribution in [0.2, 0.25) is 0 Å². The van der Waals surface area contributed by atoms with E-state index in [9.17, 15) is 4.79 Å². The first-order valence-electron chi connectivity index (χ1n) is 9.20. The number of carbonyl (C=O) groups excluding carboxylic acids is 1. The van der Waals surface area contributed by atoms with Crippen molar-refractivity contribution in [1.29, 1.82) is 0 Å². The van der Waals surface area contributed by atoms with E-state index in [1.54, 1.807) is 6.08 Å². The quantitative estimate of drug-likeness (QED) is 0.146. The number of isocyanates is 1. The summed E-state index contributed by atoms with van der Waals surface area (Å²) in [5.41, 5.74) is 1.58. The zero-order chi connectivity index (χ0) is 19.2. The van der Waals surface area contributed by atoms with Crippen LogP contribution in [0.3, 0.4) is 0 Å². The Bertz CT molecular complexity index is 743. The Kier molecular flexibility index (Phi) is 14.5. The molecule has 2 nitrogen and oxygen atoms in total. The molecule has 0 aromatic heterocycles. The van der Waals surface area contributed by atoms with Crippen molar-refractivity contribution in [2.24, 2.45) is 4.99 Å². The molecule has 4 aromatic rings. The first-order chi connectivity index (χ1) is 13.3. The number of hydrogen-bond donors (Lipinski definition) is 0. The third-order valence-electron chi connectivity index (χ3n) is 4.24. The van der Waals surface area contributed by atoms with Gasteiger partial charge in [-0.15, -0.1) is 11.1 Å². The summed E-state index contributed by atoms with van der Waals surface area (Å²) in [5.74, 6) is 0. The van der Waals surface area contributed by atoms with E-state index in [0.29, 0.717) is 0 Å². The molecule has 0 radical (unpaired) electrons. The molecule has 4 heteroatoms. The standard InChI is InChI=1S/C15H15NO.2C5H5.2Fe/c1-2-11-15(16-12-17,13-7-3-4-8-13)14-9-5-6-10-14;2*1-2-4-5-3-1;;/h3-10H,2,11H2,1H3;2*1-5H;;/q-2;-5;-1;;. The fourth-order valence-corrected chi connectivity index (χ4v) is 3.02. The number of aliphatic imine (C=N–C) groups is 1. The summed E-state index contributed by atoms with van der Waals surface area (Å²) in [7, 11) is 0. The molecule has 0 heterocycles. The first kappa shape index (κ1) is 26.8. The van der Waals surface area contributed by atoms with Crippen molar-refractivity contribution in [3.8, 4) is 0 Å². The number of nitrogens with zero attached hydrogens (tertiary/aromatic N) is 1. The Labute approximate surface area is 195 Å². The van der Waals surface area contributed by atoms with Gasteiger partial charge >= 0.3 is 0 Å². The van der Waals surface area contributed by atoms with Crippen molar-refractivity contribution >= 4 is 6.08 Å². The minimum Gasteiger partial charge on any atom is -0.748 e. The molecule has 0 N–H and O–H groups in total. The van der Waals surface area contributed by atoms with E-state index in [-0.39, 0.29) is 34.1 Å². The second kappa shape index (κ2) is 15.7. The second-order valence-corrected chi connectivity index (χ2v) is 6.09. The van der Waals surface area contributed by atoms with Crippen LogP contribution in [-0.2, 0) is 44.5 Å². The van der Waals surface area contributed by atoms with E-state index in [1.165, 1.54) is 0 Å². The largest absolute Gasteiger partial charge is 0.748 e. The zero-order valence-electron chi connectivity index (χ0n) is 16.4. The van der Waals surface area contributed by atoms with Crippen LogP contribution >= 0.6 is 0 Å². The maximum atomic E-state index is 10.8. The summed E-state index contributed by atoms with van der Waals surface area (Å²) < 4.78 is 0. The molecule has 4 rings (SSSR count). The maximum Gasteiger partial charge on any atom is 0.234 e. The van der Waals surface area contributed by atoms with Gasteiger partial charge < -0.3 is 30.3 Å². The molecule has 0 atom stereocenters. The van der Waals surface area contributed by atoms with Crippen LogP contribution < -0.4 is 0 Å².